The van der Waals surface area contributed by atoms with Crippen molar-refractivity contribution in [3.63, 3.8) is 0 Å². The van der Waals surface area contributed by atoms with E-state index in [-0.39, 0.29) is 5.97 Å². The van der Waals surface area contributed by atoms with E-state index in [4.69, 9.17) is 16.3 Å². The van der Waals surface area contributed by atoms with Gasteiger partial charge in [-0.1, -0.05) is 37.6 Å². The summed E-state index contributed by atoms with van der Waals surface area (Å²) in [6.07, 6.45) is 3.11. The number of carbonyl (C=O) groups is 1. The first-order valence-electron chi connectivity index (χ1n) is 5.69. The molecule has 1 aromatic rings. The van der Waals surface area contributed by atoms with Gasteiger partial charge in [0, 0.05) is 11.1 Å². The first kappa shape index (κ1) is 13.8. The van der Waals surface area contributed by atoms with Gasteiger partial charge in [-0.25, -0.2) is 4.79 Å². The molecule has 0 amide bonds. The van der Waals surface area contributed by atoms with Gasteiger partial charge >= 0.3 is 5.97 Å². The quantitative estimate of drug-likeness (QED) is 0.597. The Morgan fingerprint density at radius 1 is 1.47 bits per heavy atom. The van der Waals surface area contributed by atoms with E-state index in [9.17, 15) is 4.79 Å². The maximum absolute atomic E-state index is 11.1. The van der Waals surface area contributed by atoms with Gasteiger partial charge in [-0.2, -0.15) is 0 Å². The molecule has 0 bridgehead atoms. The molecule has 0 heterocycles. The lowest BCUT2D eigenvalue weighted by molar-refractivity contribution is -0.137. The third kappa shape index (κ3) is 4.23. The van der Waals surface area contributed by atoms with E-state index < -0.39 is 0 Å². The number of benzene rings is 1. The summed E-state index contributed by atoms with van der Waals surface area (Å²) in [4.78, 5) is 11.1. The van der Waals surface area contributed by atoms with E-state index in [1.54, 1.807) is 13.0 Å². The highest BCUT2D eigenvalue weighted by Crippen LogP contribution is 2.25. The van der Waals surface area contributed by atoms with Crippen molar-refractivity contribution in [1.82, 2.24) is 0 Å². The van der Waals surface area contributed by atoms with Gasteiger partial charge in [-0.15, -0.1) is 0 Å². The Bertz CT molecular complexity index is 422. The van der Waals surface area contributed by atoms with E-state index >= 15 is 0 Å². The molecule has 0 aliphatic heterocycles. The minimum Gasteiger partial charge on any atom is -0.463 e. The Labute approximate surface area is 107 Å². The molecule has 0 fully saturated rings. The van der Waals surface area contributed by atoms with Crippen LogP contribution in [0.1, 0.15) is 37.8 Å². The average molecular weight is 253 g/mol. The van der Waals surface area contributed by atoms with Crippen molar-refractivity contribution < 1.29 is 9.53 Å². The zero-order valence-electron chi connectivity index (χ0n) is 10.4. The van der Waals surface area contributed by atoms with Gasteiger partial charge in [-0.05, 0) is 36.1 Å². The Morgan fingerprint density at radius 2 is 2.18 bits per heavy atom. The molecule has 0 aliphatic carbocycles. The summed E-state index contributed by atoms with van der Waals surface area (Å²) in [5.41, 5.74) is 2.01. The normalized spacial score (nSPS) is 11.1. The molecule has 1 rings (SSSR count). The second-order valence-corrected chi connectivity index (χ2v) is 4.43. The van der Waals surface area contributed by atoms with Gasteiger partial charge in [0.15, 0.2) is 0 Å². The highest BCUT2D eigenvalue weighted by atomic mass is 35.5. The smallest absolute Gasteiger partial charge is 0.330 e. The molecule has 2 nitrogen and oxygen atoms in total. The van der Waals surface area contributed by atoms with Crippen LogP contribution in [-0.2, 0) is 9.53 Å². The number of hydrogen-bond donors (Lipinski definition) is 0. The van der Waals surface area contributed by atoms with Crippen molar-refractivity contribution >= 4 is 23.6 Å². The van der Waals surface area contributed by atoms with Crippen LogP contribution in [0, 0.1) is 0 Å². The molecular weight excluding hydrogens is 236 g/mol. The van der Waals surface area contributed by atoms with Gasteiger partial charge in [0.25, 0.3) is 0 Å². The minimum absolute atomic E-state index is 0.337. The zero-order chi connectivity index (χ0) is 12.8. The van der Waals surface area contributed by atoms with Crippen molar-refractivity contribution in [3.8, 4) is 0 Å². The fraction of sp³-hybridized carbons (Fsp3) is 0.357. The number of hydrogen-bond acceptors (Lipinski definition) is 2. The SMILES string of the molecule is CCOC(=O)/C=C/c1ccc(C(C)C)c(Cl)c1. The molecule has 92 valence electrons. The van der Waals surface area contributed by atoms with Crippen LogP contribution in [0.2, 0.25) is 5.02 Å². The van der Waals surface area contributed by atoms with Gasteiger partial charge < -0.3 is 4.74 Å². The molecule has 0 aliphatic rings. The lowest BCUT2D eigenvalue weighted by atomic mass is 10.0. The number of carbonyl (C=O) groups excluding carboxylic acids is 1. The van der Waals surface area contributed by atoms with E-state index in [1.165, 1.54) is 6.08 Å². The standard InChI is InChI=1S/C14H17ClO2/c1-4-17-14(16)8-6-11-5-7-12(10(2)3)13(15)9-11/h5-10H,4H2,1-3H3/b8-6+. The summed E-state index contributed by atoms with van der Waals surface area (Å²) in [6.45, 7) is 6.35. The Hall–Kier alpha value is -1.28. The third-order valence-electron chi connectivity index (χ3n) is 2.34. The number of esters is 1. The van der Waals surface area contributed by atoms with Crippen molar-refractivity contribution in [2.75, 3.05) is 6.61 Å². The molecule has 17 heavy (non-hydrogen) atoms. The largest absolute Gasteiger partial charge is 0.463 e. The van der Waals surface area contributed by atoms with Crippen LogP contribution in [-0.4, -0.2) is 12.6 Å². The van der Waals surface area contributed by atoms with Crippen LogP contribution in [0.25, 0.3) is 6.08 Å². The predicted octanol–water partition coefficient (Wildman–Crippen LogP) is 4.04. The molecule has 0 saturated carbocycles. The summed E-state index contributed by atoms with van der Waals surface area (Å²) in [7, 11) is 0. The molecule has 0 saturated heterocycles. The Kier molecular flexibility index (Phi) is 5.23. The summed E-state index contributed by atoms with van der Waals surface area (Å²) in [5.74, 6) is 0.0575. The van der Waals surface area contributed by atoms with Gasteiger partial charge in [0.05, 0.1) is 6.61 Å². The van der Waals surface area contributed by atoms with Crippen molar-refractivity contribution in [2.45, 2.75) is 26.7 Å². The fourth-order valence-electron chi connectivity index (χ4n) is 1.47. The summed E-state index contributed by atoms with van der Waals surface area (Å²) in [6, 6.07) is 5.78. The van der Waals surface area contributed by atoms with Crippen LogP contribution in [0.15, 0.2) is 24.3 Å². The van der Waals surface area contributed by atoms with Crippen LogP contribution in [0.4, 0.5) is 0 Å². The number of rotatable bonds is 4. The van der Waals surface area contributed by atoms with E-state index in [1.807, 2.05) is 18.2 Å². The molecule has 0 radical (unpaired) electrons. The van der Waals surface area contributed by atoms with Crippen LogP contribution in [0.3, 0.4) is 0 Å². The molecule has 1 aromatic carbocycles. The second kappa shape index (κ2) is 6.45. The van der Waals surface area contributed by atoms with Crippen LogP contribution < -0.4 is 0 Å². The first-order valence-corrected chi connectivity index (χ1v) is 6.06. The minimum atomic E-state index is -0.337. The summed E-state index contributed by atoms with van der Waals surface area (Å²) < 4.78 is 4.80. The lowest BCUT2D eigenvalue weighted by Crippen LogP contribution is -1.98. The fourth-order valence-corrected chi connectivity index (χ4v) is 1.88. The maximum Gasteiger partial charge on any atom is 0.330 e. The molecule has 0 unspecified atom stereocenters. The van der Waals surface area contributed by atoms with Crippen molar-refractivity contribution in [1.29, 1.82) is 0 Å². The highest BCUT2D eigenvalue weighted by Gasteiger charge is 2.04. The lowest BCUT2D eigenvalue weighted by Gasteiger charge is -2.08. The van der Waals surface area contributed by atoms with E-state index in [0.29, 0.717) is 12.5 Å². The molecule has 0 aromatic heterocycles. The topological polar surface area (TPSA) is 26.3 Å². The third-order valence-corrected chi connectivity index (χ3v) is 2.67. The molecule has 0 N–H and O–H groups in total. The molecule has 0 spiro atoms. The highest BCUT2D eigenvalue weighted by molar-refractivity contribution is 6.31. The van der Waals surface area contributed by atoms with Crippen molar-refractivity contribution in [2.24, 2.45) is 0 Å². The molecular formula is C14H17ClO2. The van der Waals surface area contributed by atoms with Gasteiger partial charge in [-0.3, -0.25) is 0 Å². The maximum atomic E-state index is 11.1. The van der Waals surface area contributed by atoms with Gasteiger partial charge in [0.2, 0.25) is 0 Å². The van der Waals surface area contributed by atoms with Crippen LogP contribution >= 0.6 is 11.6 Å². The first-order chi connectivity index (χ1) is 8.04. The number of ether oxygens (including phenoxy) is 1. The van der Waals surface area contributed by atoms with Crippen molar-refractivity contribution in [3.05, 3.63) is 40.4 Å². The average Bonchev–Trinajstić information content (AvgIpc) is 2.26. The van der Waals surface area contributed by atoms with E-state index in [2.05, 4.69) is 13.8 Å². The predicted molar refractivity (Wildman–Crippen MR) is 71.2 cm³/mol. The Morgan fingerprint density at radius 3 is 2.71 bits per heavy atom. The van der Waals surface area contributed by atoms with Crippen LogP contribution in [0.5, 0.6) is 0 Å². The Balaban J connectivity index is 2.80. The monoisotopic (exact) mass is 252 g/mol. The molecule has 3 heteroatoms. The number of halogens is 1. The zero-order valence-corrected chi connectivity index (χ0v) is 11.1. The summed E-state index contributed by atoms with van der Waals surface area (Å²) in [5, 5.41) is 0.728. The molecule has 0 atom stereocenters. The van der Waals surface area contributed by atoms with Gasteiger partial charge in [0.1, 0.15) is 0 Å². The summed E-state index contributed by atoms with van der Waals surface area (Å²) >= 11 is 6.15. The van der Waals surface area contributed by atoms with E-state index in [0.717, 1.165) is 16.1 Å². The second-order valence-electron chi connectivity index (χ2n) is 4.02.